The van der Waals surface area contributed by atoms with Crippen LogP contribution in [0.1, 0.15) is 34.6 Å². The molecule has 0 heterocycles. The van der Waals surface area contributed by atoms with Gasteiger partial charge in [-0.3, -0.25) is 0 Å². The smallest absolute Gasteiger partial charge is 0.333 e. The quantitative estimate of drug-likeness (QED) is 0.711. The number of carbonyl (C=O) groups is 1. The minimum Gasteiger partial charge on any atom is -0.479 e. The molecule has 0 bridgehead atoms. The first-order chi connectivity index (χ1) is 5.25. The lowest BCUT2D eigenvalue weighted by atomic mass is 9.89. The lowest BCUT2D eigenvalue weighted by Crippen LogP contribution is -2.38. The van der Waals surface area contributed by atoms with Crippen LogP contribution in [-0.4, -0.2) is 23.3 Å². The fraction of sp³-hybridized carbons (Fsp3) is 0.889. The number of rotatable bonds is 3. The van der Waals surface area contributed by atoms with Crippen LogP contribution in [0.2, 0.25) is 0 Å². The van der Waals surface area contributed by atoms with E-state index in [0.717, 1.165) is 0 Å². The van der Waals surface area contributed by atoms with Crippen LogP contribution in [-0.2, 0) is 9.53 Å². The van der Waals surface area contributed by atoms with Crippen molar-refractivity contribution in [3.63, 3.8) is 0 Å². The van der Waals surface area contributed by atoms with Crippen LogP contribution in [0.3, 0.4) is 0 Å². The van der Waals surface area contributed by atoms with E-state index >= 15 is 0 Å². The van der Waals surface area contributed by atoms with Gasteiger partial charge in [0, 0.05) is 0 Å². The van der Waals surface area contributed by atoms with Crippen molar-refractivity contribution >= 4 is 5.97 Å². The lowest BCUT2D eigenvalue weighted by Gasteiger charge is -2.28. The Bertz CT molecular complexity index is 156. The minimum absolute atomic E-state index is 0.0506. The number of carboxylic acids is 1. The predicted molar refractivity (Wildman–Crippen MR) is 47.1 cm³/mol. The van der Waals surface area contributed by atoms with Gasteiger partial charge in [0.2, 0.25) is 0 Å². The van der Waals surface area contributed by atoms with Gasteiger partial charge in [-0.25, -0.2) is 4.79 Å². The summed E-state index contributed by atoms with van der Waals surface area (Å²) in [5.41, 5.74) is -0.351. The van der Waals surface area contributed by atoms with Crippen molar-refractivity contribution in [3.8, 4) is 0 Å². The van der Waals surface area contributed by atoms with Gasteiger partial charge in [0.25, 0.3) is 0 Å². The molecular weight excluding hydrogens is 156 g/mol. The van der Waals surface area contributed by atoms with E-state index in [4.69, 9.17) is 9.84 Å². The normalized spacial score (nSPS) is 14.8. The van der Waals surface area contributed by atoms with Crippen LogP contribution in [0.4, 0.5) is 0 Å². The summed E-state index contributed by atoms with van der Waals surface area (Å²) in [6.07, 6.45) is -0.775. The lowest BCUT2D eigenvalue weighted by molar-refractivity contribution is -0.162. The molecular formula is C9H18O3. The van der Waals surface area contributed by atoms with Gasteiger partial charge in [-0.1, -0.05) is 20.8 Å². The highest BCUT2D eigenvalue weighted by molar-refractivity contribution is 5.73. The molecule has 0 unspecified atom stereocenters. The van der Waals surface area contributed by atoms with Crippen molar-refractivity contribution in [1.82, 2.24) is 0 Å². The molecule has 0 aliphatic heterocycles. The van der Waals surface area contributed by atoms with Crippen LogP contribution in [0.5, 0.6) is 0 Å². The maximum Gasteiger partial charge on any atom is 0.333 e. The zero-order valence-corrected chi connectivity index (χ0v) is 8.42. The van der Waals surface area contributed by atoms with Gasteiger partial charge in [0.05, 0.1) is 6.10 Å². The van der Waals surface area contributed by atoms with Gasteiger partial charge in [0.1, 0.15) is 0 Å². The van der Waals surface area contributed by atoms with Gasteiger partial charge < -0.3 is 9.84 Å². The Labute approximate surface area is 73.7 Å². The molecule has 3 nitrogen and oxygen atoms in total. The zero-order valence-electron chi connectivity index (χ0n) is 8.42. The first kappa shape index (κ1) is 11.4. The maximum absolute atomic E-state index is 10.8. The van der Waals surface area contributed by atoms with Crippen molar-refractivity contribution in [2.45, 2.75) is 46.8 Å². The van der Waals surface area contributed by atoms with Crippen molar-refractivity contribution in [1.29, 1.82) is 0 Å². The Morgan fingerprint density at radius 1 is 1.33 bits per heavy atom. The zero-order chi connectivity index (χ0) is 9.94. The van der Waals surface area contributed by atoms with Gasteiger partial charge in [-0.2, -0.15) is 0 Å². The molecule has 72 valence electrons. The molecule has 0 radical (unpaired) electrons. The van der Waals surface area contributed by atoms with E-state index in [0.29, 0.717) is 0 Å². The average Bonchev–Trinajstić information content (AvgIpc) is 1.79. The number of ether oxygens (including phenoxy) is 1. The Hall–Kier alpha value is -0.570. The number of aliphatic carboxylic acids is 1. The van der Waals surface area contributed by atoms with E-state index in [1.807, 2.05) is 34.6 Å². The van der Waals surface area contributed by atoms with E-state index in [1.54, 1.807) is 0 Å². The molecule has 0 rings (SSSR count). The highest BCUT2D eigenvalue weighted by Gasteiger charge is 2.32. The maximum atomic E-state index is 10.8. The van der Waals surface area contributed by atoms with E-state index in [-0.39, 0.29) is 11.5 Å². The number of hydrogen-bond acceptors (Lipinski definition) is 2. The third kappa shape index (κ3) is 3.72. The Balaban J connectivity index is 4.35. The van der Waals surface area contributed by atoms with Gasteiger partial charge in [-0.15, -0.1) is 0 Å². The molecule has 12 heavy (non-hydrogen) atoms. The fourth-order valence-electron chi connectivity index (χ4n) is 0.905. The van der Waals surface area contributed by atoms with E-state index < -0.39 is 12.1 Å². The summed E-state index contributed by atoms with van der Waals surface area (Å²) >= 11 is 0. The minimum atomic E-state index is -0.892. The van der Waals surface area contributed by atoms with E-state index in [1.165, 1.54) is 0 Å². The van der Waals surface area contributed by atoms with Gasteiger partial charge in [0.15, 0.2) is 6.10 Å². The second kappa shape index (κ2) is 3.90. The van der Waals surface area contributed by atoms with Gasteiger partial charge in [-0.05, 0) is 19.3 Å². The summed E-state index contributed by atoms with van der Waals surface area (Å²) in [7, 11) is 0. The molecule has 0 spiro atoms. The summed E-state index contributed by atoms with van der Waals surface area (Å²) in [6, 6.07) is 0. The fourth-order valence-corrected chi connectivity index (χ4v) is 0.905. The van der Waals surface area contributed by atoms with Crippen LogP contribution in [0.25, 0.3) is 0 Å². The molecule has 3 heteroatoms. The number of hydrogen-bond donors (Lipinski definition) is 1. The first-order valence-corrected chi connectivity index (χ1v) is 4.13. The SMILES string of the molecule is CC(C)O[C@H](C(=O)O)C(C)(C)C. The van der Waals surface area contributed by atoms with Gasteiger partial charge >= 0.3 is 5.97 Å². The second-order valence-corrected chi connectivity index (χ2v) is 4.27. The monoisotopic (exact) mass is 174 g/mol. The molecule has 0 saturated heterocycles. The van der Waals surface area contributed by atoms with Crippen molar-refractivity contribution in [2.75, 3.05) is 0 Å². The molecule has 0 aliphatic rings. The third-order valence-corrected chi connectivity index (χ3v) is 1.42. The van der Waals surface area contributed by atoms with Crippen LogP contribution in [0, 0.1) is 5.41 Å². The molecule has 0 fully saturated rings. The first-order valence-electron chi connectivity index (χ1n) is 4.13. The van der Waals surface area contributed by atoms with Crippen LogP contribution >= 0.6 is 0 Å². The van der Waals surface area contributed by atoms with Crippen molar-refractivity contribution < 1.29 is 14.6 Å². The third-order valence-electron chi connectivity index (χ3n) is 1.42. The topological polar surface area (TPSA) is 46.5 Å². The van der Waals surface area contributed by atoms with E-state index in [2.05, 4.69) is 0 Å². The Kier molecular flexibility index (Phi) is 3.71. The Morgan fingerprint density at radius 2 is 1.75 bits per heavy atom. The highest BCUT2D eigenvalue weighted by atomic mass is 16.5. The van der Waals surface area contributed by atoms with Crippen molar-refractivity contribution in [3.05, 3.63) is 0 Å². The molecule has 0 amide bonds. The molecule has 0 saturated carbocycles. The van der Waals surface area contributed by atoms with Crippen molar-refractivity contribution in [2.24, 2.45) is 5.41 Å². The molecule has 1 atom stereocenters. The summed E-state index contributed by atoms with van der Waals surface area (Å²) in [5, 5.41) is 8.83. The molecule has 0 aromatic carbocycles. The van der Waals surface area contributed by atoms with Crippen LogP contribution < -0.4 is 0 Å². The predicted octanol–water partition coefficient (Wildman–Crippen LogP) is 1.91. The average molecular weight is 174 g/mol. The van der Waals surface area contributed by atoms with E-state index in [9.17, 15) is 4.79 Å². The summed E-state index contributed by atoms with van der Waals surface area (Å²) in [6.45, 7) is 9.24. The molecule has 0 aromatic rings. The molecule has 1 N–H and O–H groups in total. The van der Waals surface area contributed by atoms with Crippen LogP contribution in [0.15, 0.2) is 0 Å². The standard InChI is InChI=1S/C9H18O3/c1-6(2)12-7(8(10)11)9(3,4)5/h6-7H,1-5H3,(H,10,11)/t7-/m1/s1. The highest BCUT2D eigenvalue weighted by Crippen LogP contribution is 2.23. The molecule has 0 aromatic heterocycles. The largest absolute Gasteiger partial charge is 0.479 e. The summed E-state index contributed by atoms with van der Waals surface area (Å²) in [5.74, 6) is -0.892. The Morgan fingerprint density at radius 3 is 1.83 bits per heavy atom. The summed E-state index contributed by atoms with van der Waals surface area (Å²) < 4.78 is 5.28. The molecule has 0 aliphatic carbocycles. The second-order valence-electron chi connectivity index (χ2n) is 4.27. The summed E-state index contributed by atoms with van der Waals surface area (Å²) in [4.78, 5) is 10.8. The number of carboxylic acid groups (broad SMARTS) is 1.